The number of rotatable bonds is 2. The number of benzene rings is 1. The van der Waals surface area contributed by atoms with Crippen LogP contribution in [0.15, 0.2) is 29.2 Å². The van der Waals surface area contributed by atoms with Crippen LogP contribution in [-0.4, -0.2) is 19.1 Å². The molecule has 1 N–H and O–H groups in total. The van der Waals surface area contributed by atoms with E-state index in [0.29, 0.717) is 0 Å². The molecule has 15 heavy (non-hydrogen) atoms. The van der Waals surface area contributed by atoms with Gasteiger partial charge in [0.2, 0.25) is 0 Å². The van der Waals surface area contributed by atoms with E-state index in [2.05, 4.69) is 0 Å². The molecule has 0 atom stereocenters. The van der Waals surface area contributed by atoms with Crippen molar-refractivity contribution < 1.29 is 26.1 Å². The lowest BCUT2D eigenvalue weighted by Crippen LogP contribution is -2.14. The maximum atomic E-state index is 12.0. The molecular weight excluding hydrogens is 233 g/mol. The maximum absolute atomic E-state index is 12.0. The van der Waals surface area contributed by atoms with E-state index in [1.165, 1.54) is 12.1 Å². The highest BCUT2D eigenvalue weighted by molar-refractivity contribution is 7.85. The van der Waals surface area contributed by atoms with Gasteiger partial charge in [-0.15, -0.1) is 0 Å². The van der Waals surface area contributed by atoms with E-state index in [1.54, 1.807) is 0 Å². The highest BCUT2D eigenvalue weighted by Gasteiger charge is 2.30. The number of halogens is 3. The van der Waals surface area contributed by atoms with E-state index in [4.69, 9.17) is 4.55 Å². The Balaban J connectivity index is 3.20. The summed E-state index contributed by atoms with van der Waals surface area (Å²) in [5, 5.41) is 0. The van der Waals surface area contributed by atoms with Gasteiger partial charge >= 0.3 is 6.18 Å². The van der Waals surface area contributed by atoms with Gasteiger partial charge in [0.05, 0.1) is 11.3 Å². The molecule has 1 aromatic carbocycles. The van der Waals surface area contributed by atoms with E-state index in [0.717, 1.165) is 12.1 Å². The Hall–Kier alpha value is -1.08. The largest absolute Gasteiger partial charge is 0.393 e. The normalized spacial score (nSPS) is 12.8. The molecule has 7 heteroatoms. The van der Waals surface area contributed by atoms with E-state index in [9.17, 15) is 21.6 Å². The van der Waals surface area contributed by atoms with E-state index in [-0.39, 0.29) is 0 Å². The minimum Gasteiger partial charge on any atom is -0.282 e. The van der Waals surface area contributed by atoms with Crippen molar-refractivity contribution in [2.75, 3.05) is 0 Å². The second kappa shape index (κ2) is 3.82. The predicted molar refractivity (Wildman–Crippen MR) is 46.0 cm³/mol. The van der Waals surface area contributed by atoms with Crippen LogP contribution in [0.1, 0.15) is 5.56 Å². The summed E-state index contributed by atoms with van der Waals surface area (Å²) < 4.78 is 66.2. The average Bonchev–Trinajstić information content (AvgIpc) is 1.99. The number of hydrogen-bond donors (Lipinski definition) is 1. The van der Waals surface area contributed by atoms with Crippen molar-refractivity contribution in [3.8, 4) is 0 Å². The molecule has 0 amide bonds. The molecule has 1 rings (SSSR count). The zero-order chi connectivity index (χ0) is 11.7. The average molecular weight is 240 g/mol. The molecule has 0 aromatic heterocycles. The van der Waals surface area contributed by atoms with Crippen LogP contribution in [0.4, 0.5) is 13.2 Å². The molecule has 0 aliphatic heterocycles. The summed E-state index contributed by atoms with van der Waals surface area (Å²) in [6.07, 6.45) is -5.90. The number of alkyl halides is 3. The van der Waals surface area contributed by atoms with Crippen molar-refractivity contribution in [3.05, 3.63) is 29.8 Å². The third-order valence-corrected chi connectivity index (χ3v) is 2.60. The summed E-state index contributed by atoms with van der Waals surface area (Å²) in [7, 11) is -4.61. The van der Waals surface area contributed by atoms with Crippen molar-refractivity contribution in [2.24, 2.45) is 0 Å². The second-order valence-electron chi connectivity index (χ2n) is 2.87. The van der Waals surface area contributed by atoms with Gasteiger partial charge in [0.25, 0.3) is 10.1 Å². The summed E-state index contributed by atoms with van der Waals surface area (Å²) in [4.78, 5) is -0.706. The van der Waals surface area contributed by atoms with Crippen LogP contribution in [-0.2, 0) is 16.5 Å². The Morgan fingerprint density at radius 3 is 2.20 bits per heavy atom. The zero-order valence-corrected chi connectivity index (χ0v) is 8.14. The van der Waals surface area contributed by atoms with Gasteiger partial charge in [0.15, 0.2) is 0 Å². The smallest absolute Gasteiger partial charge is 0.282 e. The fraction of sp³-hybridized carbons (Fsp3) is 0.250. The second-order valence-corrected chi connectivity index (χ2v) is 4.26. The SMILES string of the molecule is O=S(=O)(O)c1ccccc1CC(F)(F)F. The van der Waals surface area contributed by atoms with Crippen molar-refractivity contribution in [2.45, 2.75) is 17.5 Å². The van der Waals surface area contributed by atoms with Crippen LogP contribution in [0.2, 0.25) is 0 Å². The van der Waals surface area contributed by atoms with Gasteiger partial charge in [-0.1, -0.05) is 18.2 Å². The molecule has 0 spiro atoms. The minimum absolute atomic E-state index is 0.465. The third kappa shape index (κ3) is 3.52. The molecule has 84 valence electrons. The summed E-state index contributed by atoms with van der Waals surface area (Å²) in [6.45, 7) is 0. The minimum atomic E-state index is -4.61. The van der Waals surface area contributed by atoms with Crippen LogP contribution in [0, 0.1) is 0 Å². The molecule has 0 aliphatic carbocycles. The van der Waals surface area contributed by atoms with Gasteiger partial charge in [0, 0.05) is 0 Å². The molecule has 0 radical (unpaired) electrons. The Morgan fingerprint density at radius 1 is 1.20 bits per heavy atom. The van der Waals surface area contributed by atoms with Gasteiger partial charge in [0.1, 0.15) is 0 Å². The summed E-state index contributed by atoms with van der Waals surface area (Å²) in [5.74, 6) is 0. The van der Waals surface area contributed by atoms with Crippen LogP contribution in [0.25, 0.3) is 0 Å². The first-order valence-corrected chi connectivity index (χ1v) is 5.26. The van der Waals surface area contributed by atoms with Gasteiger partial charge in [-0.05, 0) is 11.6 Å². The summed E-state index contributed by atoms with van der Waals surface area (Å²) in [5.41, 5.74) is -0.465. The zero-order valence-electron chi connectivity index (χ0n) is 7.32. The Bertz CT molecular complexity index is 450. The highest BCUT2D eigenvalue weighted by Crippen LogP contribution is 2.25. The van der Waals surface area contributed by atoms with Gasteiger partial charge in [-0.2, -0.15) is 21.6 Å². The molecule has 0 aliphatic rings. The standard InChI is InChI=1S/C8H7F3O3S/c9-8(10,11)5-6-3-1-2-4-7(6)15(12,13)14/h1-4H,5H2,(H,12,13,14). The molecule has 0 saturated carbocycles. The summed E-state index contributed by atoms with van der Waals surface area (Å²) >= 11 is 0. The predicted octanol–water partition coefficient (Wildman–Crippen LogP) is 2.04. The Morgan fingerprint density at radius 2 is 1.73 bits per heavy atom. The first kappa shape index (κ1) is 12.0. The van der Waals surface area contributed by atoms with Crippen molar-refractivity contribution in [1.29, 1.82) is 0 Å². The van der Waals surface area contributed by atoms with Gasteiger partial charge in [-0.25, -0.2) is 0 Å². The van der Waals surface area contributed by atoms with E-state index < -0.39 is 33.2 Å². The van der Waals surface area contributed by atoms with Gasteiger partial charge < -0.3 is 0 Å². The first-order chi connectivity index (χ1) is 6.70. The molecular formula is C8H7F3O3S. The molecule has 0 bridgehead atoms. The van der Waals surface area contributed by atoms with Crippen LogP contribution < -0.4 is 0 Å². The van der Waals surface area contributed by atoms with E-state index >= 15 is 0 Å². The lowest BCUT2D eigenvalue weighted by atomic mass is 10.1. The fourth-order valence-corrected chi connectivity index (χ4v) is 1.84. The molecule has 1 aromatic rings. The van der Waals surface area contributed by atoms with Crippen molar-refractivity contribution in [1.82, 2.24) is 0 Å². The molecule has 0 unspecified atom stereocenters. The fourth-order valence-electron chi connectivity index (χ4n) is 1.12. The molecule has 0 heterocycles. The first-order valence-electron chi connectivity index (χ1n) is 3.82. The van der Waals surface area contributed by atoms with Crippen LogP contribution >= 0.6 is 0 Å². The summed E-state index contributed by atoms with van der Waals surface area (Å²) in [6, 6.07) is 4.45. The van der Waals surface area contributed by atoms with Crippen LogP contribution in [0.3, 0.4) is 0 Å². The molecule has 0 fully saturated rings. The van der Waals surface area contributed by atoms with Crippen molar-refractivity contribution >= 4 is 10.1 Å². The topological polar surface area (TPSA) is 54.4 Å². The third-order valence-electron chi connectivity index (χ3n) is 1.64. The Labute approximate surface area is 84.3 Å². The highest BCUT2D eigenvalue weighted by atomic mass is 32.2. The quantitative estimate of drug-likeness (QED) is 0.805. The Kier molecular flexibility index (Phi) is 3.05. The lowest BCUT2D eigenvalue weighted by molar-refractivity contribution is -0.127. The lowest BCUT2D eigenvalue weighted by Gasteiger charge is -2.09. The number of hydrogen-bond acceptors (Lipinski definition) is 2. The van der Waals surface area contributed by atoms with E-state index in [1.807, 2.05) is 0 Å². The van der Waals surface area contributed by atoms with Crippen LogP contribution in [0.5, 0.6) is 0 Å². The van der Waals surface area contributed by atoms with Crippen molar-refractivity contribution in [3.63, 3.8) is 0 Å². The maximum Gasteiger partial charge on any atom is 0.393 e. The molecule has 3 nitrogen and oxygen atoms in total. The monoisotopic (exact) mass is 240 g/mol. The van der Waals surface area contributed by atoms with Gasteiger partial charge in [-0.3, -0.25) is 4.55 Å². The molecule has 0 saturated heterocycles.